The molecule has 0 bridgehead atoms. The molecule has 0 unspecified atom stereocenters. The summed E-state index contributed by atoms with van der Waals surface area (Å²) in [6.07, 6.45) is 0. The maximum Gasteiger partial charge on any atom is 0.312 e. The summed E-state index contributed by atoms with van der Waals surface area (Å²) in [6, 6.07) is 3.00. The highest BCUT2D eigenvalue weighted by molar-refractivity contribution is 5.59. The first-order valence-corrected chi connectivity index (χ1v) is 5.63. The van der Waals surface area contributed by atoms with Gasteiger partial charge in [0.1, 0.15) is 5.82 Å². The molecule has 0 saturated carbocycles. The van der Waals surface area contributed by atoms with Crippen LogP contribution in [0.4, 0.5) is 17.3 Å². The first-order chi connectivity index (χ1) is 8.70. The van der Waals surface area contributed by atoms with Gasteiger partial charge in [-0.15, -0.1) is 0 Å². The molecule has 1 saturated heterocycles. The molecule has 0 radical (unpaired) electrons. The maximum absolute atomic E-state index is 10.9. The van der Waals surface area contributed by atoms with Crippen molar-refractivity contribution in [3.8, 4) is 0 Å². The lowest BCUT2D eigenvalue weighted by Gasteiger charge is -2.27. The number of hydrazine groups is 1. The Labute approximate surface area is 104 Å². The molecule has 18 heavy (non-hydrogen) atoms. The zero-order valence-electron chi connectivity index (χ0n) is 10.0. The second-order valence-corrected chi connectivity index (χ2v) is 3.78. The monoisotopic (exact) mass is 253 g/mol. The maximum atomic E-state index is 10.9. The third kappa shape index (κ3) is 2.84. The van der Waals surface area contributed by atoms with Gasteiger partial charge in [0.15, 0.2) is 0 Å². The summed E-state index contributed by atoms with van der Waals surface area (Å²) in [7, 11) is 1.71. The van der Waals surface area contributed by atoms with E-state index in [1.807, 2.05) is 5.01 Å². The largest absolute Gasteiger partial charge is 0.379 e. The zero-order chi connectivity index (χ0) is 13.0. The van der Waals surface area contributed by atoms with Crippen molar-refractivity contribution in [2.75, 3.05) is 44.1 Å². The number of ether oxygens (including phenoxy) is 1. The predicted octanol–water partition coefficient (Wildman–Crippen LogP) is 0.691. The molecule has 0 aliphatic carbocycles. The molecule has 8 nitrogen and oxygen atoms in total. The van der Waals surface area contributed by atoms with Crippen LogP contribution >= 0.6 is 0 Å². The van der Waals surface area contributed by atoms with Gasteiger partial charge in [-0.3, -0.25) is 15.5 Å². The SMILES string of the molecule is CNc1ccc([N+](=O)[O-])c(NN2CCOCC2)n1. The van der Waals surface area contributed by atoms with Crippen molar-refractivity contribution >= 4 is 17.3 Å². The van der Waals surface area contributed by atoms with E-state index in [-0.39, 0.29) is 11.5 Å². The van der Waals surface area contributed by atoms with Crippen molar-refractivity contribution in [1.29, 1.82) is 0 Å². The van der Waals surface area contributed by atoms with Gasteiger partial charge in [0, 0.05) is 26.2 Å². The molecule has 0 atom stereocenters. The summed E-state index contributed by atoms with van der Waals surface area (Å²) in [5.74, 6) is 0.824. The molecule has 1 aromatic heterocycles. The molecule has 1 aromatic rings. The highest BCUT2D eigenvalue weighted by Gasteiger charge is 2.19. The number of anilines is 2. The van der Waals surface area contributed by atoms with Crippen LogP contribution in [0.1, 0.15) is 0 Å². The Bertz CT molecular complexity index is 434. The number of morpholine rings is 1. The normalized spacial score (nSPS) is 16.3. The summed E-state index contributed by atoms with van der Waals surface area (Å²) < 4.78 is 5.21. The van der Waals surface area contributed by atoms with Gasteiger partial charge in [-0.1, -0.05) is 0 Å². The van der Waals surface area contributed by atoms with Gasteiger partial charge in [-0.2, -0.15) is 0 Å². The van der Waals surface area contributed by atoms with E-state index in [1.165, 1.54) is 6.07 Å². The Morgan fingerprint density at radius 3 is 2.78 bits per heavy atom. The van der Waals surface area contributed by atoms with Crippen LogP contribution in [-0.2, 0) is 4.74 Å². The Balaban J connectivity index is 2.19. The molecule has 2 heterocycles. The molecular formula is C10H15N5O3. The summed E-state index contributed by atoms with van der Waals surface area (Å²) in [6.45, 7) is 2.55. The third-order valence-electron chi connectivity index (χ3n) is 2.60. The van der Waals surface area contributed by atoms with Gasteiger partial charge in [-0.25, -0.2) is 9.99 Å². The van der Waals surface area contributed by atoms with Gasteiger partial charge < -0.3 is 10.1 Å². The van der Waals surface area contributed by atoms with E-state index < -0.39 is 4.92 Å². The number of nitrogens with zero attached hydrogens (tertiary/aromatic N) is 3. The second kappa shape index (κ2) is 5.61. The van der Waals surface area contributed by atoms with Crippen molar-refractivity contribution in [2.45, 2.75) is 0 Å². The zero-order valence-corrected chi connectivity index (χ0v) is 10.0. The van der Waals surface area contributed by atoms with E-state index in [4.69, 9.17) is 4.74 Å². The second-order valence-electron chi connectivity index (χ2n) is 3.78. The molecule has 8 heteroatoms. The molecule has 0 spiro atoms. The van der Waals surface area contributed by atoms with Gasteiger partial charge in [-0.05, 0) is 6.07 Å². The van der Waals surface area contributed by atoms with E-state index in [9.17, 15) is 10.1 Å². The van der Waals surface area contributed by atoms with E-state index in [0.717, 1.165) is 0 Å². The van der Waals surface area contributed by atoms with Crippen LogP contribution in [-0.4, -0.2) is 48.3 Å². The number of hydrogen-bond donors (Lipinski definition) is 2. The van der Waals surface area contributed by atoms with Crippen LogP contribution in [0.5, 0.6) is 0 Å². The highest BCUT2D eigenvalue weighted by Crippen LogP contribution is 2.24. The minimum atomic E-state index is -0.449. The lowest BCUT2D eigenvalue weighted by atomic mass is 10.3. The Morgan fingerprint density at radius 1 is 1.44 bits per heavy atom. The Kier molecular flexibility index (Phi) is 3.90. The number of aromatic nitrogens is 1. The number of hydrogen-bond acceptors (Lipinski definition) is 7. The summed E-state index contributed by atoms with van der Waals surface area (Å²) >= 11 is 0. The molecular weight excluding hydrogens is 238 g/mol. The van der Waals surface area contributed by atoms with Gasteiger partial charge in [0.05, 0.1) is 18.1 Å². The van der Waals surface area contributed by atoms with Crippen molar-refractivity contribution in [1.82, 2.24) is 9.99 Å². The molecule has 0 aromatic carbocycles. The molecule has 98 valence electrons. The molecule has 1 aliphatic rings. The summed E-state index contributed by atoms with van der Waals surface area (Å²) in [5, 5.41) is 15.6. The smallest absolute Gasteiger partial charge is 0.312 e. The van der Waals surface area contributed by atoms with Crippen LogP contribution in [0, 0.1) is 10.1 Å². The number of pyridine rings is 1. The average Bonchev–Trinajstić information content (AvgIpc) is 2.39. The van der Waals surface area contributed by atoms with Crippen molar-refractivity contribution in [3.05, 3.63) is 22.2 Å². The summed E-state index contributed by atoms with van der Waals surface area (Å²) in [5.41, 5.74) is 2.92. The number of nitro groups is 1. The standard InChI is InChI=1S/C10H15N5O3/c1-11-9-3-2-8(15(16)17)10(12-9)13-14-4-6-18-7-5-14/h2-3H,4-7H2,1H3,(H2,11,12,13). The predicted molar refractivity (Wildman–Crippen MR) is 66.5 cm³/mol. The highest BCUT2D eigenvalue weighted by atomic mass is 16.6. The molecule has 1 fully saturated rings. The summed E-state index contributed by atoms with van der Waals surface area (Å²) in [4.78, 5) is 14.6. The van der Waals surface area contributed by atoms with Gasteiger partial charge >= 0.3 is 5.69 Å². The van der Waals surface area contributed by atoms with Gasteiger partial charge in [0.25, 0.3) is 0 Å². The fourth-order valence-electron chi connectivity index (χ4n) is 1.65. The van der Waals surface area contributed by atoms with Crippen LogP contribution in [0.15, 0.2) is 12.1 Å². The van der Waals surface area contributed by atoms with Gasteiger partial charge in [0.2, 0.25) is 5.82 Å². The lowest BCUT2D eigenvalue weighted by molar-refractivity contribution is -0.384. The number of rotatable bonds is 4. The Morgan fingerprint density at radius 2 is 2.17 bits per heavy atom. The fraction of sp³-hybridized carbons (Fsp3) is 0.500. The topological polar surface area (TPSA) is 92.6 Å². The molecule has 0 amide bonds. The quantitative estimate of drug-likeness (QED) is 0.602. The molecule has 1 aliphatic heterocycles. The third-order valence-corrected chi connectivity index (χ3v) is 2.60. The Hall–Kier alpha value is -1.93. The van der Waals surface area contributed by atoms with Crippen molar-refractivity contribution < 1.29 is 9.66 Å². The van der Waals surface area contributed by atoms with Crippen molar-refractivity contribution in [3.63, 3.8) is 0 Å². The first kappa shape index (κ1) is 12.5. The van der Waals surface area contributed by atoms with Crippen LogP contribution in [0.2, 0.25) is 0 Å². The minimum absolute atomic E-state index is 0.0412. The van der Waals surface area contributed by atoms with Crippen LogP contribution in [0.3, 0.4) is 0 Å². The fourth-order valence-corrected chi connectivity index (χ4v) is 1.65. The number of nitrogens with one attached hydrogen (secondary N) is 2. The first-order valence-electron chi connectivity index (χ1n) is 5.63. The van der Waals surface area contributed by atoms with E-state index in [1.54, 1.807) is 13.1 Å². The molecule has 2 N–H and O–H groups in total. The van der Waals surface area contributed by atoms with Crippen molar-refractivity contribution in [2.24, 2.45) is 0 Å². The minimum Gasteiger partial charge on any atom is -0.379 e. The lowest BCUT2D eigenvalue weighted by Crippen LogP contribution is -2.40. The van der Waals surface area contributed by atoms with E-state index in [0.29, 0.717) is 32.1 Å². The van der Waals surface area contributed by atoms with E-state index in [2.05, 4.69) is 15.7 Å². The van der Waals surface area contributed by atoms with E-state index >= 15 is 0 Å². The van der Waals surface area contributed by atoms with Crippen LogP contribution < -0.4 is 10.7 Å². The van der Waals surface area contributed by atoms with Crippen LogP contribution in [0.25, 0.3) is 0 Å². The average molecular weight is 253 g/mol. The molecule has 2 rings (SSSR count).